The van der Waals surface area contributed by atoms with Gasteiger partial charge >= 0.3 is 0 Å². The molecule has 182 valence electrons. The molecule has 6 heteroatoms. The van der Waals surface area contributed by atoms with Crippen LogP contribution < -0.4 is 0 Å². The molecule has 0 saturated heterocycles. The fourth-order valence-electron chi connectivity index (χ4n) is 3.88. The molecule has 1 aromatic rings. The number of hydrogen-bond donors (Lipinski definition) is 0. The number of nitriles is 1. The third kappa shape index (κ3) is 10.4. The second-order valence-electron chi connectivity index (χ2n) is 8.99. The number of benzene rings is 1. The van der Waals surface area contributed by atoms with Gasteiger partial charge in [-0.25, -0.2) is 9.34 Å². The number of unbranched alkanes of at least 4 members (excludes halogenated alkanes) is 9. The Morgan fingerprint density at radius 1 is 0.938 bits per heavy atom. The first-order valence-electron chi connectivity index (χ1n) is 12.6. The molecule has 0 aliphatic carbocycles. The lowest BCUT2D eigenvalue weighted by Gasteiger charge is -2.35. The molecule has 1 atom stereocenters. The van der Waals surface area contributed by atoms with Gasteiger partial charge in [0.25, 0.3) is 6.65 Å². The highest BCUT2D eigenvalue weighted by molar-refractivity contribution is 8.56. The first-order valence-corrected chi connectivity index (χ1v) is 15.8. The molecule has 0 N–H and O–H groups in total. The third-order valence-corrected chi connectivity index (χ3v) is 12.1. The van der Waals surface area contributed by atoms with Crippen molar-refractivity contribution in [2.75, 3.05) is 26.4 Å². The lowest BCUT2D eigenvalue weighted by Crippen LogP contribution is -2.27. The molecule has 1 unspecified atom stereocenters. The van der Waals surface area contributed by atoms with Gasteiger partial charge in [-0.1, -0.05) is 89.1 Å². The Bertz CT molecular complexity index is 732. The van der Waals surface area contributed by atoms with Crippen LogP contribution in [0.25, 0.3) is 0 Å². The summed E-state index contributed by atoms with van der Waals surface area (Å²) in [5, 5.41) is 9.18. The van der Waals surface area contributed by atoms with Gasteiger partial charge in [0.15, 0.2) is 0 Å². The summed E-state index contributed by atoms with van der Waals surface area (Å²) >= 11 is 1.61. The molecule has 1 aromatic carbocycles. The quantitative estimate of drug-likeness (QED) is 0.156. The maximum absolute atomic E-state index is 14.1. The molecule has 0 fully saturated rings. The Morgan fingerprint density at radius 3 is 2.03 bits per heavy atom. The number of nitrogens with zero attached hydrogens (tertiary/aromatic N) is 3. The van der Waals surface area contributed by atoms with Crippen molar-refractivity contribution in [3.63, 3.8) is 0 Å². The van der Waals surface area contributed by atoms with Gasteiger partial charge in [-0.05, 0) is 57.1 Å². The van der Waals surface area contributed by atoms with E-state index in [1.165, 1.54) is 57.8 Å². The van der Waals surface area contributed by atoms with E-state index in [4.69, 9.17) is 0 Å². The average Bonchev–Trinajstić information content (AvgIpc) is 2.78. The van der Waals surface area contributed by atoms with E-state index in [9.17, 15) is 9.83 Å². The molecule has 0 amide bonds. The molecular formula is C26H46N3OPS. The van der Waals surface area contributed by atoms with Crippen LogP contribution in [-0.4, -0.2) is 35.7 Å². The Hall–Kier alpha value is -0.790. The van der Waals surface area contributed by atoms with Crippen molar-refractivity contribution in [3.05, 3.63) is 34.9 Å². The standard InChI is InChI=1S/C26H46N3OPS/c1-6-8-9-10-11-12-13-14-15-16-19-29(31(30,28(4)5)32-20-7-2)23-26-18-17-25(22-27)21-24(26)3/h17-18,21H,6-16,19-20,23H2,1-5H3. The molecule has 0 saturated carbocycles. The van der Waals surface area contributed by atoms with Gasteiger partial charge in [0, 0.05) is 18.8 Å². The molecule has 0 spiro atoms. The normalized spacial score (nSPS) is 13.4. The molecule has 0 heterocycles. The van der Waals surface area contributed by atoms with Gasteiger partial charge in [-0.15, -0.1) is 0 Å². The second kappa shape index (κ2) is 16.8. The van der Waals surface area contributed by atoms with Crippen molar-refractivity contribution in [3.8, 4) is 6.07 Å². The van der Waals surface area contributed by atoms with Crippen molar-refractivity contribution in [1.29, 1.82) is 5.26 Å². The first kappa shape index (κ1) is 29.2. The first-order chi connectivity index (χ1) is 15.4. The second-order valence-corrected chi connectivity index (χ2v) is 14.2. The Labute approximate surface area is 202 Å². The van der Waals surface area contributed by atoms with Crippen LogP contribution in [0, 0.1) is 18.3 Å². The van der Waals surface area contributed by atoms with Crippen molar-refractivity contribution in [1.82, 2.24) is 9.34 Å². The number of rotatable bonds is 18. The van der Waals surface area contributed by atoms with Crippen LogP contribution in [0.5, 0.6) is 0 Å². The fourth-order valence-corrected chi connectivity index (χ4v) is 8.78. The molecule has 0 bridgehead atoms. The van der Waals surface area contributed by atoms with Crippen LogP contribution in [0.15, 0.2) is 18.2 Å². The summed E-state index contributed by atoms with van der Waals surface area (Å²) in [7, 11) is 3.89. The summed E-state index contributed by atoms with van der Waals surface area (Å²) in [6.45, 7) is 5.30. The highest BCUT2D eigenvalue weighted by Gasteiger charge is 2.33. The molecule has 4 nitrogen and oxygen atoms in total. The smallest absolute Gasteiger partial charge is 0.271 e. The van der Waals surface area contributed by atoms with Crippen LogP contribution in [-0.2, 0) is 11.1 Å². The van der Waals surface area contributed by atoms with E-state index in [0.717, 1.165) is 36.3 Å². The average molecular weight is 480 g/mol. The number of hydrogen-bond acceptors (Lipinski definition) is 3. The minimum atomic E-state index is -2.68. The zero-order valence-corrected chi connectivity index (χ0v) is 22.9. The molecule has 0 radical (unpaired) electrons. The van der Waals surface area contributed by atoms with E-state index in [0.29, 0.717) is 12.1 Å². The van der Waals surface area contributed by atoms with E-state index in [1.807, 2.05) is 37.0 Å². The summed E-state index contributed by atoms with van der Waals surface area (Å²) in [6, 6.07) is 8.06. The Balaban J connectivity index is 2.71. The molecule has 32 heavy (non-hydrogen) atoms. The van der Waals surface area contributed by atoms with E-state index in [-0.39, 0.29) is 0 Å². The van der Waals surface area contributed by atoms with Gasteiger partial charge in [-0.3, -0.25) is 4.57 Å². The van der Waals surface area contributed by atoms with Gasteiger partial charge in [0.05, 0.1) is 11.6 Å². The lowest BCUT2D eigenvalue weighted by atomic mass is 10.1. The van der Waals surface area contributed by atoms with E-state index in [2.05, 4.69) is 31.5 Å². The van der Waals surface area contributed by atoms with Crippen LogP contribution in [0.1, 0.15) is 101 Å². The van der Waals surface area contributed by atoms with Gasteiger partial charge in [0.1, 0.15) is 0 Å². The zero-order chi connectivity index (χ0) is 23.8. The minimum Gasteiger partial charge on any atom is -0.277 e. The largest absolute Gasteiger partial charge is 0.277 e. The summed E-state index contributed by atoms with van der Waals surface area (Å²) in [5.41, 5.74) is 2.95. The Morgan fingerprint density at radius 2 is 1.53 bits per heavy atom. The zero-order valence-electron chi connectivity index (χ0n) is 21.2. The topological polar surface area (TPSA) is 47.3 Å². The van der Waals surface area contributed by atoms with E-state index >= 15 is 0 Å². The van der Waals surface area contributed by atoms with E-state index in [1.54, 1.807) is 11.4 Å². The number of aryl methyl sites for hydroxylation is 1. The highest BCUT2D eigenvalue weighted by atomic mass is 32.7. The van der Waals surface area contributed by atoms with Crippen molar-refractivity contribution < 1.29 is 4.57 Å². The van der Waals surface area contributed by atoms with Crippen LogP contribution in [0.2, 0.25) is 0 Å². The maximum atomic E-state index is 14.1. The molecular weight excluding hydrogens is 433 g/mol. The third-order valence-electron chi connectivity index (χ3n) is 5.92. The van der Waals surface area contributed by atoms with Gasteiger partial charge in [0.2, 0.25) is 0 Å². The minimum absolute atomic E-state index is 0.668. The predicted octanol–water partition coefficient (Wildman–Crippen LogP) is 8.40. The molecule has 0 aliphatic rings. The summed E-state index contributed by atoms with van der Waals surface area (Å²) in [4.78, 5) is 0. The highest BCUT2D eigenvalue weighted by Crippen LogP contribution is 2.63. The van der Waals surface area contributed by atoms with Gasteiger partial charge < -0.3 is 0 Å². The van der Waals surface area contributed by atoms with Gasteiger partial charge in [-0.2, -0.15) is 5.26 Å². The van der Waals surface area contributed by atoms with Crippen LogP contribution in [0.4, 0.5) is 0 Å². The Kier molecular flexibility index (Phi) is 15.3. The van der Waals surface area contributed by atoms with Crippen molar-refractivity contribution in [2.45, 2.75) is 97.9 Å². The predicted molar refractivity (Wildman–Crippen MR) is 142 cm³/mol. The van der Waals surface area contributed by atoms with Crippen molar-refractivity contribution in [2.24, 2.45) is 0 Å². The van der Waals surface area contributed by atoms with E-state index < -0.39 is 6.65 Å². The molecule has 1 rings (SSSR count). The SMILES string of the molecule is CCCCCCCCCCCCN(Cc1ccc(C#N)cc1C)P(=O)(SCCC)N(C)C. The fraction of sp³-hybridized carbons (Fsp3) is 0.731. The lowest BCUT2D eigenvalue weighted by molar-refractivity contribution is 0.368. The summed E-state index contributed by atoms with van der Waals surface area (Å²) < 4.78 is 18.2. The maximum Gasteiger partial charge on any atom is 0.271 e. The van der Waals surface area contributed by atoms with Crippen LogP contribution in [0.3, 0.4) is 0 Å². The molecule has 0 aliphatic heterocycles. The molecule has 0 aromatic heterocycles. The van der Waals surface area contributed by atoms with Crippen LogP contribution >= 0.6 is 18.0 Å². The summed E-state index contributed by atoms with van der Waals surface area (Å²) in [5.74, 6) is 0.899. The summed E-state index contributed by atoms with van der Waals surface area (Å²) in [6.07, 6.45) is 14.0. The van der Waals surface area contributed by atoms with Crippen molar-refractivity contribution >= 4 is 18.0 Å². The monoisotopic (exact) mass is 479 g/mol.